The summed E-state index contributed by atoms with van der Waals surface area (Å²) in [6.07, 6.45) is 0.878. The van der Waals surface area contributed by atoms with E-state index >= 15 is 0 Å². The van der Waals surface area contributed by atoms with Crippen LogP contribution in [0.15, 0.2) is 12.2 Å². The molecule has 14 heavy (non-hydrogen) atoms. The van der Waals surface area contributed by atoms with Gasteiger partial charge in [-0.15, -0.1) is 0 Å². The Morgan fingerprint density at radius 2 is 1.93 bits per heavy atom. The van der Waals surface area contributed by atoms with Crippen molar-refractivity contribution < 1.29 is 14.0 Å². The van der Waals surface area contributed by atoms with Crippen molar-refractivity contribution in [3.63, 3.8) is 0 Å². The summed E-state index contributed by atoms with van der Waals surface area (Å²) >= 11 is 0. The Morgan fingerprint density at radius 1 is 1.43 bits per heavy atom. The minimum absolute atomic E-state index is 0.293. The highest BCUT2D eigenvalue weighted by molar-refractivity contribution is 5.86. The first-order valence-corrected chi connectivity index (χ1v) is 4.89. The van der Waals surface area contributed by atoms with E-state index in [1.165, 1.54) is 0 Å². The second kappa shape index (κ2) is 5.15. The van der Waals surface area contributed by atoms with Crippen LogP contribution in [0.3, 0.4) is 0 Å². The highest BCUT2D eigenvalue weighted by Gasteiger charge is 2.18. The largest absolute Gasteiger partial charge is 0.462 e. The third-order valence-corrected chi connectivity index (χ3v) is 2.44. The molecular formula is C11H22NO2+. The fraction of sp³-hybridized carbons (Fsp3) is 0.727. The Kier molecular flexibility index (Phi) is 4.85. The summed E-state index contributed by atoms with van der Waals surface area (Å²) in [5.74, 6) is -0.293. The molecule has 0 saturated heterocycles. The highest BCUT2D eigenvalue weighted by atomic mass is 16.5. The predicted octanol–water partition coefficient (Wildman–Crippen LogP) is 1.59. The van der Waals surface area contributed by atoms with Gasteiger partial charge >= 0.3 is 5.97 Å². The molecule has 0 spiro atoms. The van der Waals surface area contributed by atoms with E-state index in [9.17, 15) is 4.79 Å². The smallest absolute Gasteiger partial charge is 0.333 e. The van der Waals surface area contributed by atoms with E-state index in [-0.39, 0.29) is 5.97 Å². The first kappa shape index (κ1) is 13.2. The quantitative estimate of drug-likeness (QED) is 0.383. The second-order valence-electron chi connectivity index (χ2n) is 4.67. The SMILES string of the molecule is C=C(C)C(=O)OCCC(C)[N+](C)(C)C. The van der Waals surface area contributed by atoms with Crippen LogP contribution >= 0.6 is 0 Å². The first-order chi connectivity index (χ1) is 6.25. The molecule has 0 bridgehead atoms. The Balaban J connectivity index is 3.76. The van der Waals surface area contributed by atoms with Gasteiger partial charge in [0, 0.05) is 12.0 Å². The van der Waals surface area contributed by atoms with Crippen LogP contribution in [0, 0.1) is 0 Å². The van der Waals surface area contributed by atoms with Gasteiger partial charge in [0.25, 0.3) is 0 Å². The van der Waals surface area contributed by atoms with Gasteiger partial charge in [0.05, 0.1) is 33.8 Å². The number of hydrogen-bond donors (Lipinski definition) is 0. The standard InChI is InChI=1S/C11H22NO2/c1-9(2)11(13)14-8-7-10(3)12(4,5)6/h10H,1,7-8H2,2-6H3/q+1. The van der Waals surface area contributed by atoms with Gasteiger partial charge in [-0.25, -0.2) is 4.79 Å². The molecule has 0 amide bonds. The van der Waals surface area contributed by atoms with Crippen LogP contribution in [-0.2, 0) is 9.53 Å². The van der Waals surface area contributed by atoms with E-state index in [4.69, 9.17) is 4.74 Å². The molecule has 0 aliphatic heterocycles. The molecule has 0 rings (SSSR count). The lowest BCUT2D eigenvalue weighted by Gasteiger charge is -2.31. The second-order valence-corrected chi connectivity index (χ2v) is 4.67. The van der Waals surface area contributed by atoms with Crippen LogP contribution in [0.1, 0.15) is 20.3 Å². The number of rotatable bonds is 5. The van der Waals surface area contributed by atoms with E-state index in [0.29, 0.717) is 18.2 Å². The monoisotopic (exact) mass is 200 g/mol. The van der Waals surface area contributed by atoms with Crippen molar-refractivity contribution in [3.8, 4) is 0 Å². The van der Waals surface area contributed by atoms with Crippen LogP contribution in [0.4, 0.5) is 0 Å². The number of carbonyl (C=O) groups excluding carboxylic acids is 1. The molecule has 1 atom stereocenters. The number of esters is 1. The molecule has 3 nitrogen and oxygen atoms in total. The maximum atomic E-state index is 11.0. The molecule has 0 heterocycles. The van der Waals surface area contributed by atoms with Gasteiger partial charge < -0.3 is 9.22 Å². The zero-order chi connectivity index (χ0) is 11.4. The molecule has 0 aromatic rings. The summed E-state index contributed by atoms with van der Waals surface area (Å²) in [4.78, 5) is 11.0. The molecule has 1 unspecified atom stereocenters. The Labute approximate surface area is 86.9 Å². The molecule has 82 valence electrons. The van der Waals surface area contributed by atoms with Gasteiger partial charge in [0.15, 0.2) is 0 Å². The van der Waals surface area contributed by atoms with Crippen molar-refractivity contribution in [1.29, 1.82) is 0 Å². The fourth-order valence-electron chi connectivity index (χ4n) is 0.833. The van der Waals surface area contributed by atoms with Gasteiger partial charge in [0.2, 0.25) is 0 Å². The molecule has 0 saturated carbocycles. The average molecular weight is 200 g/mol. The molecule has 0 aromatic carbocycles. The Hall–Kier alpha value is -0.830. The van der Waals surface area contributed by atoms with E-state index < -0.39 is 0 Å². The summed E-state index contributed by atoms with van der Waals surface area (Å²) < 4.78 is 5.90. The third kappa shape index (κ3) is 5.02. The van der Waals surface area contributed by atoms with E-state index in [2.05, 4.69) is 34.6 Å². The van der Waals surface area contributed by atoms with E-state index in [1.54, 1.807) is 6.92 Å². The molecule has 3 heteroatoms. The molecule has 0 aromatic heterocycles. The molecule has 0 N–H and O–H groups in total. The minimum atomic E-state index is -0.293. The number of hydrogen-bond acceptors (Lipinski definition) is 2. The van der Waals surface area contributed by atoms with Crippen LogP contribution in [0.2, 0.25) is 0 Å². The van der Waals surface area contributed by atoms with Crippen molar-refractivity contribution in [1.82, 2.24) is 0 Å². The zero-order valence-corrected chi connectivity index (χ0v) is 9.96. The lowest BCUT2D eigenvalue weighted by molar-refractivity contribution is -0.894. The van der Waals surface area contributed by atoms with Crippen LogP contribution in [0.25, 0.3) is 0 Å². The van der Waals surface area contributed by atoms with Gasteiger partial charge in [-0.3, -0.25) is 0 Å². The molecule has 0 aliphatic carbocycles. The lowest BCUT2D eigenvalue weighted by Crippen LogP contribution is -2.43. The van der Waals surface area contributed by atoms with Crippen LogP contribution < -0.4 is 0 Å². The normalized spacial score (nSPS) is 13.5. The predicted molar refractivity (Wildman–Crippen MR) is 57.9 cm³/mol. The van der Waals surface area contributed by atoms with Crippen molar-refractivity contribution in [3.05, 3.63) is 12.2 Å². The highest BCUT2D eigenvalue weighted by Crippen LogP contribution is 2.06. The molecule has 0 aliphatic rings. The zero-order valence-electron chi connectivity index (χ0n) is 9.96. The summed E-state index contributed by atoms with van der Waals surface area (Å²) in [6, 6.07) is 0.480. The van der Waals surface area contributed by atoms with Crippen molar-refractivity contribution in [2.24, 2.45) is 0 Å². The summed E-state index contributed by atoms with van der Waals surface area (Å²) in [6.45, 7) is 7.80. The van der Waals surface area contributed by atoms with Crippen molar-refractivity contribution >= 4 is 5.97 Å². The van der Waals surface area contributed by atoms with Gasteiger partial charge in [-0.2, -0.15) is 0 Å². The van der Waals surface area contributed by atoms with Crippen LogP contribution in [-0.4, -0.2) is 44.2 Å². The van der Waals surface area contributed by atoms with E-state index in [0.717, 1.165) is 10.9 Å². The number of carbonyl (C=O) groups is 1. The fourth-order valence-corrected chi connectivity index (χ4v) is 0.833. The van der Waals surface area contributed by atoms with Crippen molar-refractivity contribution in [2.75, 3.05) is 27.7 Å². The Morgan fingerprint density at radius 3 is 2.29 bits per heavy atom. The summed E-state index contributed by atoms with van der Waals surface area (Å²) in [5.41, 5.74) is 0.461. The van der Waals surface area contributed by atoms with Crippen LogP contribution in [0.5, 0.6) is 0 Å². The number of quaternary nitrogens is 1. The van der Waals surface area contributed by atoms with Crippen molar-refractivity contribution in [2.45, 2.75) is 26.3 Å². The number of nitrogens with zero attached hydrogens (tertiary/aromatic N) is 1. The Bertz CT molecular complexity index is 216. The van der Waals surface area contributed by atoms with Gasteiger partial charge in [-0.05, 0) is 13.8 Å². The molecule has 0 fully saturated rings. The maximum Gasteiger partial charge on any atom is 0.333 e. The topological polar surface area (TPSA) is 26.3 Å². The van der Waals surface area contributed by atoms with E-state index in [1.807, 2.05) is 0 Å². The average Bonchev–Trinajstić information content (AvgIpc) is 2.01. The molecular weight excluding hydrogens is 178 g/mol. The summed E-state index contributed by atoms with van der Waals surface area (Å²) in [7, 11) is 6.39. The first-order valence-electron chi connectivity index (χ1n) is 4.89. The number of ether oxygens (including phenoxy) is 1. The molecule has 0 radical (unpaired) electrons. The third-order valence-electron chi connectivity index (χ3n) is 2.44. The lowest BCUT2D eigenvalue weighted by atomic mass is 10.2. The minimum Gasteiger partial charge on any atom is -0.462 e. The maximum absolute atomic E-state index is 11.0. The van der Waals surface area contributed by atoms with Gasteiger partial charge in [0.1, 0.15) is 0 Å². The van der Waals surface area contributed by atoms with Gasteiger partial charge in [-0.1, -0.05) is 6.58 Å². The summed E-state index contributed by atoms with van der Waals surface area (Å²) in [5, 5.41) is 0.